The number of benzene rings is 1. The highest BCUT2D eigenvalue weighted by Crippen LogP contribution is 2.26. The summed E-state index contributed by atoms with van der Waals surface area (Å²) in [6, 6.07) is 11.2. The molecule has 3 rings (SSSR count). The van der Waals surface area contributed by atoms with Crippen LogP contribution in [0.5, 0.6) is 5.75 Å². The molecule has 0 aliphatic carbocycles. The summed E-state index contributed by atoms with van der Waals surface area (Å²) in [5.74, 6) is 0.856. The number of hydrogen-bond donors (Lipinski definition) is 0. The average Bonchev–Trinajstić information content (AvgIpc) is 2.52. The van der Waals surface area contributed by atoms with E-state index < -0.39 is 9.84 Å². The second kappa shape index (κ2) is 7.00. The Morgan fingerprint density at radius 3 is 2.19 bits per heavy atom. The van der Waals surface area contributed by atoms with E-state index in [0.29, 0.717) is 5.41 Å². The van der Waals surface area contributed by atoms with E-state index in [4.69, 9.17) is 4.74 Å². The van der Waals surface area contributed by atoms with Crippen LogP contribution in [0.15, 0.2) is 47.6 Å². The minimum Gasteiger partial charge on any atom is -0.488 e. The first-order valence-electron chi connectivity index (χ1n) is 8.76. The van der Waals surface area contributed by atoms with E-state index in [1.165, 1.54) is 6.07 Å². The van der Waals surface area contributed by atoms with Gasteiger partial charge >= 0.3 is 0 Å². The Morgan fingerprint density at radius 1 is 1.08 bits per heavy atom. The minimum atomic E-state index is -3.27. The van der Waals surface area contributed by atoms with Crippen LogP contribution in [0, 0.1) is 5.41 Å². The number of ether oxygens (including phenoxy) is 1. The Balaban J connectivity index is 1.58. The number of hydrogen-bond acceptors (Lipinski definition) is 5. The van der Waals surface area contributed by atoms with Crippen LogP contribution in [0.25, 0.3) is 11.1 Å². The Morgan fingerprint density at radius 2 is 1.69 bits per heavy atom. The van der Waals surface area contributed by atoms with Gasteiger partial charge in [0.1, 0.15) is 11.9 Å². The van der Waals surface area contributed by atoms with Crippen molar-refractivity contribution >= 4 is 9.84 Å². The standard InChI is InChI=1S/C20H26N2O3S/c1-20(2,3)14-22-12-18(13-22)25-17-8-5-15(6-9-17)16-7-10-19(21-11-16)26(4,23)24/h5-11,18H,12-14H2,1-4H3. The summed E-state index contributed by atoms with van der Waals surface area (Å²) in [5.41, 5.74) is 2.17. The normalized spacial score (nSPS) is 16.3. The van der Waals surface area contributed by atoms with Gasteiger partial charge in [0.05, 0.1) is 0 Å². The van der Waals surface area contributed by atoms with Gasteiger partial charge in [-0.15, -0.1) is 0 Å². The lowest BCUT2D eigenvalue weighted by Gasteiger charge is -2.42. The molecule has 1 aliphatic rings. The summed E-state index contributed by atoms with van der Waals surface area (Å²) in [6.45, 7) is 9.76. The molecule has 2 aromatic rings. The molecule has 0 atom stereocenters. The molecule has 6 heteroatoms. The summed E-state index contributed by atoms with van der Waals surface area (Å²) in [7, 11) is -3.27. The molecule has 26 heavy (non-hydrogen) atoms. The van der Waals surface area contributed by atoms with Crippen molar-refractivity contribution in [3.05, 3.63) is 42.6 Å². The molecule has 1 fully saturated rings. The molecule has 140 valence electrons. The van der Waals surface area contributed by atoms with Crippen LogP contribution in [0.1, 0.15) is 20.8 Å². The maximum absolute atomic E-state index is 11.5. The lowest BCUT2D eigenvalue weighted by Crippen LogP contribution is -2.55. The highest BCUT2D eigenvalue weighted by Gasteiger charge is 2.31. The van der Waals surface area contributed by atoms with E-state index in [2.05, 4.69) is 30.7 Å². The fraction of sp³-hybridized carbons (Fsp3) is 0.450. The van der Waals surface area contributed by atoms with Crippen LogP contribution < -0.4 is 4.74 Å². The lowest BCUT2D eigenvalue weighted by atomic mass is 9.94. The number of pyridine rings is 1. The van der Waals surface area contributed by atoms with Gasteiger partial charge in [0.2, 0.25) is 0 Å². The first-order valence-corrected chi connectivity index (χ1v) is 10.6. The Labute approximate surface area is 155 Å². The third kappa shape index (κ3) is 4.83. The van der Waals surface area contributed by atoms with Crippen molar-refractivity contribution in [3.63, 3.8) is 0 Å². The number of sulfone groups is 1. The molecular weight excluding hydrogens is 348 g/mol. The fourth-order valence-corrected chi connectivity index (χ4v) is 3.65. The Kier molecular flexibility index (Phi) is 5.08. The molecule has 1 aromatic carbocycles. The summed E-state index contributed by atoms with van der Waals surface area (Å²) in [6.07, 6.45) is 2.99. The van der Waals surface area contributed by atoms with Gasteiger partial charge in [0, 0.05) is 37.7 Å². The number of nitrogens with zero attached hydrogens (tertiary/aromatic N) is 2. The quantitative estimate of drug-likeness (QED) is 0.804. The van der Waals surface area contributed by atoms with Crippen LogP contribution >= 0.6 is 0 Å². The molecule has 0 amide bonds. The molecule has 0 N–H and O–H groups in total. The van der Waals surface area contributed by atoms with Gasteiger partial charge in [-0.05, 0) is 35.2 Å². The van der Waals surface area contributed by atoms with E-state index in [0.717, 1.165) is 42.8 Å². The first-order chi connectivity index (χ1) is 12.1. The van der Waals surface area contributed by atoms with E-state index in [9.17, 15) is 8.42 Å². The molecule has 5 nitrogen and oxygen atoms in total. The summed E-state index contributed by atoms with van der Waals surface area (Å²) < 4.78 is 29.0. The van der Waals surface area contributed by atoms with Gasteiger partial charge in [-0.2, -0.15) is 0 Å². The smallest absolute Gasteiger partial charge is 0.192 e. The molecule has 0 spiro atoms. The maximum Gasteiger partial charge on any atom is 0.192 e. The second-order valence-electron chi connectivity index (χ2n) is 8.18. The number of aromatic nitrogens is 1. The molecule has 1 aliphatic heterocycles. The molecular formula is C20H26N2O3S. The van der Waals surface area contributed by atoms with Gasteiger partial charge in [0.25, 0.3) is 0 Å². The molecule has 1 saturated heterocycles. The topological polar surface area (TPSA) is 59.5 Å². The van der Waals surface area contributed by atoms with Crippen LogP contribution in [-0.4, -0.2) is 50.3 Å². The van der Waals surface area contributed by atoms with Gasteiger partial charge < -0.3 is 4.74 Å². The van der Waals surface area contributed by atoms with Crippen LogP contribution in [0.4, 0.5) is 0 Å². The maximum atomic E-state index is 11.5. The zero-order valence-corrected chi connectivity index (χ0v) is 16.6. The predicted octanol–water partition coefficient (Wildman–Crippen LogP) is 3.26. The second-order valence-corrected chi connectivity index (χ2v) is 10.1. The minimum absolute atomic E-state index is 0.0889. The summed E-state index contributed by atoms with van der Waals surface area (Å²) in [5, 5.41) is 0.0889. The highest BCUT2D eigenvalue weighted by molar-refractivity contribution is 7.90. The van der Waals surface area contributed by atoms with Crippen molar-refractivity contribution < 1.29 is 13.2 Å². The molecule has 0 unspecified atom stereocenters. The van der Waals surface area contributed by atoms with E-state index in [-0.39, 0.29) is 11.1 Å². The number of likely N-dealkylation sites (tertiary alicyclic amines) is 1. The van der Waals surface area contributed by atoms with Crippen molar-refractivity contribution in [2.75, 3.05) is 25.9 Å². The zero-order valence-electron chi connectivity index (χ0n) is 15.8. The van der Waals surface area contributed by atoms with Crippen molar-refractivity contribution in [2.45, 2.75) is 31.9 Å². The Hall–Kier alpha value is -1.92. The third-order valence-corrected chi connectivity index (χ3v) is 5.23. The summed E-state index contributed by atoms with van der Waals surface area (Å²) >= 11 is 0. The van der Waals surface area contributed by atoms with Crippen molar-refractivity contribution in [3.8, 4) is 16.9 Å². The fourth-order valence-electron chi connectivity index (χ4n) is 3.09. The van der Waals surface area contributed by atoms with Crippen molar-refractivity contribution in [2.24, 2.45) is 5.41 Å². The SMILES string of the molecule is CC(C)(C)CN1CC(Oc2ccc(-c3ccc(S(C)(=O)=O)nc3)cc2)C1. The molecule has 0 bridgehead atoms. The highest BCUT2D eigenvalue weighted by atomic mass is 32.2. The van der Waals surface area contributed by atoms with Gasteiger partial charge in [-0.1, -0.05) is 32.9 Å². The predicted molar refractivity (Wildman–Crippen MR) is 103 cm³/mol. The average molecular weight is 375 g/mol. The molecule has 0 saturated carbocycles. The third-order valence-electron chi connectivity index (χ3n) is 4.23. The monoisotopic (exact) mass is 374 g/mol. The van der Waals surface area contributed by atoms with Crippen LogP contribution in [0.3, 0.4) is 0 Å². The molecule has 0 radical (unpaired) electrons. The van der Waals surface area contributed by atoms with Crippen LogP contribution in [0.2, 0.25) is 0 Å². The lowest BCUT2D eigenvalue weighted by molar-refractivity contribution is 0.00109. The van der Waals surface area contributed by atoms with E-state index >= 15 is 0 Å². The van der Waals surface area contributed by atoms with E-state index in [1.54, 1.807) is 12.3 Å². The van der Waals surface area contributed by atoms with Gasteiger partial charge in [0.15, 0.2) is 14.9 Å². The summed E-state index contributed by atoms with van der Waals surface area (Å²) in [4.78, 5) is 6.44. The van der Waals surface area contributed by atoms with Gasteiger partial charge in [-0.3, -0.25) is 4.90 Å². The largest absolute Gasteiger partial charge is 0.488 e. The van der Waals surface area contributed by atoms with Crippen LogP contribution in [-0.2, 0) is 9.84 Å². The Bertz CT molecular complexity index is 847. The van der Waals surface area contributed by atoms with Crippen molar-refractivity contribution in [1.82, 2.24) is 9.88 Å². The molecule has 2 heterocycles. The number of rotatable bonds is 5. The van der Waals surface area contributed by atoms with E-state index in [1.807, 2.05) is 24.3 Å². The first kappa shape index (κ1) is 18.9. The molecule has 1 aromatic heterocycles. The van der Waals surface area contributed by atoms with Crippen molar-refractivity contribution in [1.29, 1.82) is 0 Å². The zero-order chi connectivity index (χ0) is 18.9. The van der Waals surface area contributed by atoms with Gasteiger partial charge in [-0.25, -0.2) is 13.4 Å².